The van der Waals surface area contributed by atoms with Gasteiger partial charge in [0.2, 0.25) is 5.95 Å². The van der Waals surface area contributed by atoms with Crippen LogP contribution in [-0.4, -0.2) is 39.3 Å². The monoisotopic (exact) mass is 441 g/mol. The molecule has 0 saturated carbocycles. The maximum atomic E-state index is 10.6. The molecule has 4 N–H and O–H groups in total. The molecule has 2 aromatic heterocycles. The largest absolute Gasteiger partial charge is 0.490 e. The summed E-state index contributed by atoms with van der Waals surface area (Å²) in [6, 6.07) is 22.3. The van der Waals surface area contributed by atoms with Crippen LogP contribution in [0.4, 0.5) is 24.9 Å². The summed E-state index contributed by atoms with van der Waals surface area (Å²) < 4.78 is 31.7. The highest BCUT2D eigenvalue weighted by molar-refractivity contribution is 6.02. The number of benzene rings is 2. The van der Waals surface area contributed by atoms with E-state index in [2.05, 4.69) is 33.5 Å². The SMILES string of the molecule is CNc1nc(N)nc2nc(-c3ccccc3)cc(-c3ccccc3)c12.O=C(O)C(F)(F)F. The summed E-state index contributed by atoms with van der Waals surface area (Å²) in [5.41, 5.74) is 10.4. The van der Waals surface area contributed by atoms with Gasteiger partial charge in [-0.3, -0.25) is 0 Å². The number of fused-ring (bicyclic) bond motifs is 1. The first kappa shape index (κ1) is 22.5. The van der Waals surface area contributed by atoms with E-state index in [1.54, 1.807) is 0 Å². The van der Waals surface area contributed by atoms with E-state index in [4.69, 9.17) is 20.6 Å². The summed E-state index contributed by atoms with van der Waals surface area (Å²) in [5.74, 6) is -1.88. The minimum absolute atomic E-state index is 0.202. The van der Waals surface area contributed by atoms with E-state index in [-0.39, 0.29) is 5.95 Å². The molecule has 7 nitrogen and oxygen atoms in total. The van der Waals surface area contributed by atoms with Gasteiger partial charge in [-0.1, -0.05) is 60.7 Å². The number of nitrogen functional groups attached to an aromatic ring is 1. The van der Waals surface area contributed by atoms with Crippen LogP contribution in [0.1, 0.15) is 0 Å². The van der Waals surface area contributed by atoms with Crippen LogP contribution in [0.2, 0.25) is 0 Å². The van der Waals surface area contributed by atoms with Crippen LogP contribution in [0.25, 0.3) is 33.4 Å². The molecule has 0 fully saturated rings. The number of aliphatic carboxylic acids is 1. The summed E-state index contributed by atoms with van der Waals surface area (Å²) in [4.78, 5) is 22.3. The highest BCUT2D eigenvalue weighted by atomic mass is 19.4. The lowest BCUT2D eigenvalue weighted by molar-refractivity contribution is -0.192. The van der Waals surface area contributed by atoms with Gasteiger partial charge in [-0.05, 0) is 17.2 Å². The number of nitrogens with one attached hydrogen (secondary N) is 1. The van der Waals surface area contributed by atoms with E-state index in [9.17, 15) is 13.2 Å². The Bertz CT molecular complexity index is 1230. The average molecular weight is 441 g/mol. The summed E-state index contributed by atoms with van der Waals surface area (Å²) in [6.45, 7) is 0. The molecule has 0 spiro atoms. The molecular weight excluding hydrogens is 423 g/mol. The Kier molecular flexibility index (Phi) is 6.53. The van der Waals surface area contributed by atoms with Crippen LogP contribution >= 0.6 is 0 Å². The zero-order chi connectivity index (χ0) is 23.3. The van der Waals surface area contributed by atoms with E-state index in [0.717, 1.165) is 27.8 Å². The van der Waals surface area contributed by atoms with Crippen LogP contribution in [0.5, 0.6) is 0 Å². The van der Waals surface area contributed by atoms with Crippen molar-refractivity contribution in [1.29, 1.82) is 0 Å². The number of pyridine rings is 1. The number of carboxylic acids is 1. The normalized spacial score (nSPS) is 10.9. The molecule has 0 unspecified atom stereocenters. The molecule has 0 aliphatic heterocycles. The molecule has 0 radical (unpaired) electrons. The van der Waals surface area contributed by atoms with Crippen LogP contribution in [0.3, 0.4) is 0 Å². The van der Waals surface area contributed by atoms with Gasteiger partial charge in [0.1, 0.15) is 5.82 Å². The van der Waals surface area contributed by atoms with Gasteiger partial charge in [-0.15, -0.1) is 0 Å². The molecule has 2 heterocycles. The number of nitrogens with two attached hydrogens (primary N) is 1. The first-order valence-electron chi connectivity index (χ1n) is 9.27. The first-order valence-corrected chi connectivity index (χ1v) is 9.27. The molecule has 164 valence electrons. The summed E-state index contributed by atoms with van der Waals surface area (Å²) in [7, 11) is 1.82. The van der Waals surface area contributed by atoms with Crippen molar-refractivity contribution >= 4 is 28.8 Å². The average Bonchev–Trinajstić information content (AvgIpc) is 2.78. The minimum Gasteiger partial charge on any atom is -0.475 e. The fourth-order valence-electron chi connectivity index (χ4n) is 2.93. The van der Waals surface area contributed by atoms with Crippen molar-refractivity contribution < 1.29 is 23.1 Å². The molecule has 10 heteroatoms. The van der Waals surface area contributed by atoms with Gasteiger partial charge in [0.05, 0.1) is 11.1 Å². The Morgan fingerprint density at radius 3 is 1.97 bits per heavy atom. The van der Waals surface area contributed by atoms with Crippen molar-refractivity contribution in [2.24, 2.45) is 0 Å². The predicted molar refractivity (Wildman–Crippen MR) is 116 cm³/mol. The van der Waals surface area contributed by atoms with Crippen LogP contribution in [0.15, 0.2) is 66.7 Å². The third kappa shape index (κ3) is 5.09. The summed E-state index contributed by atoms with van der Waals surface area (Å²) >= 11 is 0. The first-order chi connectivity index (χ1) is 15.2. The molecule has 2 aromatic carbocycles. The molecule has 4 rings (SSSR count). The molecule has 32 heavy (non-hydrogen) atoms. The van der Waals surface area contributed by atoms with Crippen molar-refractivity contribution in [3.63, 3.8) is 0 Å². The van der Waals surface area contributed by atoms with Crippen LogP contribution in [-0.2, 0) is 4.79 Å². The molecule has 0 aliphatic rings. The Hall–Kier alpha value is -4.21. The molecule has 0 atom stereocenters. The third-order valence-electron chi connectivity index (χ3n) is 4.32. The zero-order valence-electron chi connectivity index (χ0n) is 16.8. The van der Waals surface area contributed by atoms with E-state index in [0.29, 0.717) is 11.5 Å². The van der Waals surface area contributed by atoms with Gasteiger partial charge < -0.3 is 16.2 Å². The van der Waals surface area contributed by atoms with Gasteiger partial charge in [-0.2, -0.15) is 23.1 Å². The number of carboxylic acid groups (broad SMARTS) is 1. The quantitative estimate of drug-likeness (QED) is 0.425. The summed E-state index contributed by atoms with van der Waals surface area (Å²) in [6.07, 6.45) is -5.08. The van der Waals surface area contributed by atoms with Crippen LogP contribution in [0, 0.1) is 0 Å². The lowest BCUT2D eigenvalue weighted by Gasteiger charge is -2.13. The minimum atomic E-state index is -5.08. The van der Waals surface area contributed by atoms with Crippen molar-refractivity contribution in [3.8, 4) is 22.4 Å². The number of rotatable bonds is 3. The standard InChI is InChI=1S/C20H17N5.C2HF3O2/c1-22-18-17-15(13-8-4-2-5-9-13)12-16(14-10-6-3-7-11-14)23-19(17)25-20(21)24-18;3-2(4,5)1(6)7/h2-12H,1H3,(H3,21,22,23,24,25);(H,6,7). The van der Waals surface area contributed by atoms with Gasteiger partial charge in [0.15, 0.2) is 5.65 Å². The Balaban J connectivity index is 0.000000360. The molecule has 0 amide bonds. The van der Waals surface area contributed by atoms with E-state index >= 15 is 0 Å². The van der Waals surface area contributed by atoms with Gasteiger partial charge in [0.25, 0.3) is 0 Å². The number of carbonyl (C=O) groups is 1. The number of aromatic nitrogens is 3. The van der Waals surface area contributed by atoms with Crippen molar-refractivity contribution in [2.75, 3.05) is 18.1 Å². The van der Waals surface area contributed by atoms with Crippen molar-refractivity contribution in [2.45, 2.75) is 6.18 Å². The number of hydrogen-bond donors (Lipinski definition) is 3. The van der Waals surface area contributed by atoms with Gasteiger partial charge in [0, 0.05) is 12.6 Å². The van der Waals surface area contributed by atoms with Gasteiger partial charge >= 0.3 is 12.1 Å². The highest BCUT2D eigenvalue weighted by Crippen LogP contribution is 2.34. The Morgan fingerprint density at radius 1 is 0.938 bits per heavy atom. The fraction of sp³-hybridized carbons (Fsp3) is 0.0909. The number of halogens is 3. The molecular formula is C22H18F3N5O2. The van der Waals surface area contributed by atoms with Crippen molar-refractivity contribution in [1.82, 2.24) is 15.0 Å². The molecule has 0 saturated heterocycles. The van der Waals surface area contributed by atoms with E-state index in [1.165, 1.54) is 0 Å². The Labute approximate surface area is 180 Å². The van der Waals surface area contributed by atoms with E-state index in [1.807, 2.05) is 55.6 Å². The van der Waals surface area contributed by atoms with Crippen LogP contribution < -0.4 is 11.1 Å². The maximum absolute atomic E-state index is 10.6. The fourth-order valence-corrected chi connectivity index (χ4v) is 2.93. The number of nitrogens with zero attached hydrogens (tertiary/aromatic N) is 3. The second-order valence-electron chi connectivity index (χ2n) is 6.47. The second-order valence-corrected chi connectivity index (χ2v) is 6.47. The number of hydrogen-bond acceptors (Lipinski definition) is 6. The van der Waals surface area contributed by atoms with Gasteiger partial charge in [-0.25, -0.2) is 9.78 Å². The zero-order valence-corrected chi connectivity index (χ0v) is 16.8. The third-order valence-corrected chi connectivity index (χ3v) is 4.32. The van der Waals surface area contributed by atoms with E-state index < -0.39 is 12.1 Å². The Morgan fingerprint density at radius 2 is 1.47 bits per heavy atom. The maximum Gasteiger partial charge on any atom is 0.490 e. The highest BCUT2D eigenvalue weighted by Gasteiger charge is 2.38. The summed E-state index contributed by atoms with van der Waals surface area (Å²) in [5, 5.41) is 11.1. The molecule has 4 aromatic rings. The number of anilines is 2. The second kappa shape index (κ2) is 9.29. The lowest BCUT2D eigenvalue weighted by Crippen LogP contribution is -2.21. The number of alkyl halides is 3. The molecule has 0 aliphatic carbocycles. The smallest absolute Gasteiger partial charge is 0.475 e. The van der Waals surface area contributed by atoms with Crippen molar-refractivity contribution in [3.05, 3.63) is 66.7 Å². The predicted octanol–water partition coefficient (Wildman–Crippen LogP) is 4.62. The topological polar surface area (TPSA) is 114 Å². The lowest BCUT2D eigenvalue weighted by atomic mass is 10.00. The molecule has 0 bridgehead atoms.